The fraction of sp³-hybridized carbons (Fsp3) is 0.455. The number of aromatic nitrogens is 1. The summed E-state index contributed by atoms with van der Waals surface area (Å²) >= 11 is 0. The molecule has 2 heterocycles. The summed E-state index contributed by atoms with van der Waals surface area (Å²) in [6.45, 7) is 1.61. The smallest absolute Gasteiger partial charge is 0.389 e. The molecular weight excluding hydrogens is 277 g/mol. The third kappa shape index (κ3) is 2.99. The van der Waals surface area contributed by atoms with Gasteiger partial charge >= 0.3 is 6.18 Å². The summed E-state index contributed by atoms with van der Waals surface area (Å²) in [5.74, 6) is 4.41. The van der Waals surface area contributed by atoms with Crippen LogP contribution >= 0.6 is 0 Å². The molecule has 0 radical (unpaired) electrons. The first-order valence-electron chi connectivity index (χ1n) is 5.79. The van der Waals surface area contributed by atoms with Gasteiger partial charge < -0.3 is 14.5 Å². The average Bonchev–Trinajstić information content (AvgIpc) is 2.46. The van der Waals surface area contributed by atoms with Crippen molar-refractivity contribution in [2.45, 2.75) is 6.18 Å². The second kappa shape index (κ2) is 5.63. The van der Waals surface area contributed by atoms with Gasteiger partial charge in [0.2, 0.25) is 0 Å². The van der Waals surface area contributed by atoms with E-state index in [1.54, 1.807) is 4.90 Å². The predicted octanol–water partition coefficient (Wildman–Crippen LogP) is 1.15. The molecule has 0 atom stereocenters. The van der Waals surface area contributed by atoms with Crippen molar-refractivity contribution in [1.29, 1.82) is 5.41 Å². The molecule has 1 aliphatic heterocycles. The Kier molecular flexibility index (Phi) is 4.09. The topological polar surface area (TPSA) is 84.5 Å². The van der Waals surface area contributed by atoms with Gasteiger partial charge in [0.15, 0.2) is 0 Å². The van der Waals surface area contributed by atoms with Gasteiger partial charge in [0.25, 0.3) is 5.90 Å². The molecule has 1 aliphatic rings. The lowest BCUT2D eigenvalue weighted by Crippen LogP contribution is -2.37. The largest absolute Gasteiger partial charge is 0.417 e. The summed E-state index contributed by atoms with van der Waals surface area (Å²) in [7, 11) is 0. The monoisotopic (exact) mass is 290 g/mol. The molecule has 1 saturated heterocycles. The summed E-state index contributed by atoms with van der Waals surface area (Å²) in [4.78, 5) is 9.60. The number of nitrogens with zero attached hydrogens (tertiary/aromatic N) is 2. The van der Waals surface area contributed by atoms with Gasteiger partial charge in [-0.3, -0.25) is 5.41 Å². The van der Waals surface area contributed by atoms with Crippen molar-refractivity contribution in [1.82, 2.24) is 4.98 Å². The van der Waals surface area contributed by atoms with Crippen LogP contribution in [0.2, 0.25) is 0 Å². The number of ether oxygens (including phenoxy) is 1. The molecule has 9 heteroatoms. The number of hydrogen-bond acceptors (Lipinski definition) is 6. The number of rotatable bonds is 2. The Balaban J connectivity index is 2.44. The lowest BCUT2D eigenvalue weighted by molar-refractivity contribution is -0.137. The molecule has 6 nitrogen and oxygen atoms in total. The molecule has 0 saturated carbocycles. The van der Waals surface area contributed by atoms with Crippen molar-refractivity contribution in [2.75, 3.05) is 31.2 Å². The first kappa shape index (κ1) is 14.5. The molecule has 20 heavy (non-hydrogen) atoms. The van der Waals surface area contributed by atoms with Gasteiger partial charge in [-0.05, 0) is 6.07 Å². The fourth-order valence-electron chi connectivity index (χ4n) is 1.88. The summed E-state index contributed by atoms with van der Waals surface area (Å²) in [5, 5.41) is 7.52. The van der Waals surface area contributed by atoms with Gasteiger partial charge in [-0.15, -0.1) is 0 Å². The van der Waals surface area contributed by atoms with E-state index in [0.717, 1.165) is 6.07 Å². The second-order valence-corrected chi connectivity index (χ2v) is 4.14. The zero-order valence-electron chi connectivity index (χ0n) is 10.4. The summed E-state index contributed by atoms with van der Waals surface area (Å²) in [6, 6.07) is 0.946. The SMILES string of the molecule is N=C(ON)c1ncc(C(F)(F)F)cc1N1CCOCC1. The molecule has 1 aromatic rings. The van der Waals surface area contributed by atoms with E-state index in [4.69, 9.17) is 16.0 Å². The number of alkyl halides is 3. The number of pyridine rings is 1. The molecular formula is C11H13F3N4O2. The molecule has 0 aromatic carbocycles. The van der Waals surface area contributed by atoms with E-state index >= 15 is 0 Å². The van der Waals surface area contributed by atoms with Crippen molar-refractivity contribution in [3.8, 4) is 0 Å². The number of morpholine rings is 1. The van der Waals surface area contributed by atoms with Gasteiger partial charge in [-0.2, -0.15) is 19.1 Å². The van der Waals surface area contributed by atoms with Gasteiger partial charge in [0.05, 0.1) is 24.5 Å². The quantitative estimate of drug-likeness (QED) is 0.485. The molecule has 0 aliphatic carbocycles. The van der Waals surface area contributed by atoms with Crippen molar-refractivity contribution in [3.63, 3.8) is 0 Å². The van der Waals surface area contributed by atoms with E-state index in [9.17, 15) is 13.2 Å². The highest BCUT2D eigenvalue weighted by Crippen LogP contribution is 2.32. The van der Waals surface area contributed by atoms with Crippen LogP contribution < -0.4 is 10.8 Å². The summed E-state index contributed by atoms with van der Waals surface area (Å²) in [6.07, 6.45) is -3.84. The molecule has 0 amide bonds. The number of hydrogen-bond donors (Lipinski definition) is 2. The minimum Gasteiger partial charge on any atom is -0.389 e. The Hall–Kier alpha value is -1.87. The van der Waals surface area contributed by atoms with Gasteiger partial charge in [-0.1, -0.05) is 0 Å². The lowest BCUT2D eigenvalue weighted by Gasteiger charge is -2.30. The molecule has 0 bridgehead atoms. The molecule has 110 valence electrons. The Morgan fingerprint density at radius 1 is 1.40 bits per heavy atom. The van der Waals surface area contributed by atoms with Crippen LogP contribution in [0.25, 0.3) is 0 Å². The minimum atomic E-state index is -4.50. The first-order chi connectivity index (χ1) is 9.43. The average molecular weight is 290 g/mol. The van der Waals surface area contributed by atoms with Gasteiger partial charge in [0, 0.05) is 19.3 Å². The van der Waals surface area contributed by atoms with Crippen LogP contribution in [0.4, 0.5) is 18.9 Å². The Labute approximate surface area is 112 Å². The predicted molar refractivity (Wildman–Crippen MR) is 64.4 cm³/mol. The zero-order chi connectivity index (χ0) is 14.8. The number of nitrogens with two attached hydrogens (primary N) is 1. The van der Waals surface area contributed by atoms with Gasteiger partial charge in [-0.25, -0.2) is 4.98 Å². The van der Waals surface area contributed by atoms with Crippen LogP contribution in [-0.4, -0.2) is 37.2 Å². The van der Waals surface area contributed by atoms with Gasteiger partial charge in [0.1, 0.15) is 5.69 Å². The third-order valence-corrected chi connectivity index (χ3v) is 2.88. The van der Waals surface area contributed by atoms with E-state index in [1.807, 2.05) is 0 Å². The van der Waals surface area contributed by atoms with E-state index in [0.29, 0.717) is 32.5 Å². The van der Waals surface area contributed by atoms with Crippen LogP contribution in [0.15, 0.2) is 12.3 Å². The maximum absolute atomic E-state index is 12.8. The van der Waals surface area contributed by atoms with E-state index in [-0.39, 0.29) is 11.4 Å². The van der Waals surface area contributed by atoms with E-state index in [1.165, 1.54) is 0 Å². The maximum Gasteiger partial charge on any atom is 0.417 e. The normalized spacial score (nSPS) is 16.1. The maximum atomic E-state index is 12.8. The molecule has 1 aromatic heterocycles. The van der Waals surface area contributed by atoms with Crippen molar-refractivity contribution in [3.05, 3.63) is 23.5 Å². The van der Waals surface area contributed by atoms with Crippen LogP contribution in [0.3, 0.4) is 0 Å². The second-order valence-electron chi connectivity index (χ2n) is 4.14. The van der Waals surface area contributed by atoms with Crippen LogP contribution in [-0.2, 0) is 15.8 Å². The molecule has 2 rings (SSSR count). The molecule has 0 unspecified atom stereocenters. The minimum absolute atomic E-state index is 0.0256. The Bertz CT molecular complexity index is 501. The molecule has 1 fully saturated rings. The van der Waals surface area contributed by atoms with Crippen molar-refractivity contribution >= 4 is 11.6 Å². The standard InChI is InChI=1S/C11H13F3N4O2/c12-11(13,14)7-5-8(18-1-3-19-4-2-18)9(17-6-7)10(15)20-16/h5-6,15H,1-4,16H2. The van der Waals surface area contributed by atoms with E-state index in [2.05, 4.69) is 9.82 Å². The highest BCUT2D eigenvalue weighted by Gasteiger charge is 2.33. The van der Waals surface area contributed by atoms with Crippen LogP contribution in [0, 0.1) is 5.41 Å². The van der Waals surface area contributed by atoms with E-state index < -0.39 is 17.6 Å². The lowest BCUT2D eigenvalue weighted by atomic mass is 10.1. The van der Waals surface area contributed by atoms with Crippen molar-refractivity contribution < 1.29 is 22.7 Å². The summed E-state index contributed by atoms with van der Waals surface area (Å²) in [5.41, 5.74) is -0.742. The molecule has 3 N–H and O–H groups in total. The summed E-state index contributed by atoms with van der Waals surface area (Å²) < 4.78 is 43.4. The highest BCUT2D eigenvalue weighted by atomic mass is 19.4. The Morgan fingerprint density at radius 3 is 2.60 bits per heavy atom. The van der Waals surface area contributed by atoms with Crippen LogP contribution in [0.1, 0.15) is 11.3 Å². The number of nitrogens with one attached hydrogen (secondary N) is 1. The number of halogens is 3. The van der Waals surface area contributed by atoms with Crippen molar-refractivity contribution in [2.24, 2.45) is 5.90 Å². The fourth-order valence-corrected chi connectivity index (χ4v) is 1.88. The highest BCUT2D eigenvalue weighted by molar-refractivity contribution is 5.95. The first-order valence-corrected chi connectivity index (χ1v) is 5.79. The zero-order valence-corrected chi connectivity index (χ0v) is 10.4. The Morgan fingerprint density at radius 2 is 2.05 bits per heavy atom. The molecule has 0 spiro atoms. The number of anilines is 1. The third-order valence-electron chi connectivity index (χ3n) is 2.88. The van der Waals surface area contributed by atoms with Crippen LogP contribution in [0.5, 0.6) is 0 Å².